The number of unbranched alkanes of at least 4 members (excludes halogenated alkanes) is 5. The first-order valence-electron chi connectivity index (χ1n) is 9.49. The molecule has 26 heavy (non-hydrogen) atoms. The second-order valence-corrected chi connectivity index (χ2v) is 6.31. The van der Waals surface area contributed by atoms with Crippen LogP contribution in [-0.4, -0.2) is 30.7 Å². The van der Waals surface area contributed by atoms with Gasteiger partial charge in [-0.1, -0.05) is 39.0 Å². The minimum Gasteiger partial charge on any atom is -0.494 e. The Morgan fingerprint density at radius 3 is 2.15 bits per heavy atom. The fraction of sp³-hybridized carbons (Fsp3) is 0.571. The summed E-state index contributed by atoms with van der Waals surface area (Å²) in [4.78, 5) is 35.6. The Morgan fingerprint density at radius 2 is 1.54 bits per heavy atom. The van der Waals surface area contributed by atoms with Gasteiger partial charge in [0.15, 0.2) is 5.78 Å². The van der Waals surface area contributed by atoms with Crippen LogP contribution in [0.3, 0.4) is 0 Å². The Bertz CT molecular complexity index is 577. The summed E-state index contributed by atoms with van der Waals surface area (Å²) < 4.78 is 10.3. The van der Waals surface area contributed by atoms with Gasteiger partial charge in [-0.3, -0.25) is 9.59 Å². The van der Waals surface area contributed by atoms with Crippen LogP contribution in [0.5, 0.6) is 5.75 Å². The number of carbonyl (C=O) groups is 3. The number of Topliss-reactive ketones (excluding diaryl/α,β-unsaturated/α-hetero) is 2. The van der Waals surface area contributed by atoms with E-state index in [2.05, 4.69) is 11.7 Å². The fourth-order valence-electron chi connectivity index (χ4n) is 2.54. The third kappa shape index (κ3) is 7.38. The summed E-state index contributed by atoms with van der Waals surface area (Å²) in [6, 6.07) is 6.67. The molecular formula is C21H30O5. The van der Waals surface area contributed by atoms with Gasteiger partial charge in [0.2, 0.25) is 0 Å². The van der Waals surface area contributed by atoms with Crippen molar-refractivity contribution >= 4 is 17.5 Å². The van der Waals surface area contributed by atoms with Crippen LogP contribution in [0.1, 0.15) is 69.7 Å². The number of hydrogen-bond acceptors (Lipinski definition) is 5. The van der Waals surface area contributed by atoms with Gasteiger partial charge < -0.3 is 9.47 Å². The van der Waals surface area contributed by atoms with Gasteiger partial charge in [0.25, 0.3) is 5.78 Å². The van der Waals surface area contributed by atoms with Crippen LogP contribution in [0.2, 0.25) is 0 Å². The molecule has 0 fully saturated rings. The summed E-state index contributed by atoms with van der Waals surface area (Å²) in [5.41, 5.74) is 0.377. The molecule has 0 aliphatic rings. The van der Waals surface area contributed by atoms with Crippen LogP contribution in [0, 0.1) is 5.92 Å². The van der Waals surface area contributed by atoms with Crippen LogP contribution in [0.15, 0.2) is 24.3 Å². The minimum atomic E-state index is -1.05. The van der Waals surface area contributed by atoms with E-state index in [9.17, 15) is 14.4 Å². The van der Waals surface area contributed by atoms with Crippen LogP contribution in [0.25, 0.3) is 0 Å². The van der Waals surface area contributed by atoms with E-state index in [-0.39, 0.29) is 6.61 Å². The summed E-state index contributed by atoms with van der Waals surface area (Å²) in [5.74, 6) is -2.54. The number of carbonyl (C=O) groups excluding carboxylic acids is 3. The normalized spacial score (nSPS) is 11.7. The average Bonchev–Trinajstić information content (AvgIpc) is 2.66. The maximum atomic E-state index is 12.3. The zero-order chi connectivity index (χ0) is 19.4. The average molecular weight is 362 g/mol. The van der Waals surface area contributed by atoms with Crippen molar-refractivity contribution in [1.29, 1.82) is 0 Å². The molecular weight excluding hydrogens is 332 g/mol. The molecule has 0 spiro atoms. The standard InChI is InChI=1S/C21H30O5/c1-4-6-7-8-9-10-15-26-18-13-11-17(12-14-18)19(22)16(3)20(23)21(24)25-5-2/h11-14,16H,4-10,15H2,1-3H3. The second-order valence-electron chi connectivity index (χ2n) is 6.31. The van der Waals surface area contributed by atoms with Crippen molar-refractivity contribution in [2.45, 2.75) is 59.3 Å². The molecule has 0 aliphatic carbocycles. The molecule has 144 valence electrons. The Labute approximate surface area is 156 Å². The SMILES string of the molecule is CCCCCCCCOc1ccc(C(=O)C(C)C(=O)C(=O)OCC)cc1. The van der Waals surface area contributed by atoms with E-state index in [0.717, 1.165) is 12.8 Å². The molecule has 0 radical (unpaired) electrons. The molecule has 0 amide bonds. The third-order valence-electron chi connectivity index (χ3n) is 4.17. The largest absolute Gasteiger partial charge is 0.494 e. The quantitative estimate of drug-likeness (QED) is 0.171. The Kier molecular flexibility index (Phi) is 10.3. The Balaban J connectivity index is 2.44. The number of rotatable bonds is 13. The molecule has 1 rings (SSSR count). The summed E-state index contributed by atoms with van der Waals surface area (Å²) in [5, 5.41) is 0. The zero-order valence-electron chi connectivity index (χ0n) is 16.1. The van der Waals surface area contributed by atoms with Crippen molar-refractivity contribution in [1.82, 2.24) is 0 Å². The molecule has 5 nitrogen and oxygen atoms in total. The predicted octanol–water partition coefficient (Wildman–Crippen LogP) is 4.38. The maximum Gasteiger partial charge on any atom is 0.375 e. The summed E-state index contributed by atoms with van der Waals surface area (Å²) in [6.07, 6.45) is 7.20. The molecule has 0 saturated carbocycles. The third-order valence-corrected chi connectivity index (χ3v) is 4.17. The van der Waals surface area contributed by atoms with E-state index >= 15 is 0 Å². The molecule has 1 unspecified atom stereocenters. The Hall–Kier alpha value is -2.17. The van der Waals surface area contributed by atoms with Crippen LogP contribution < -0.4 is 4.74 Å². The van der Waals surface area contributed by atoms with Crippen molar-refractivity contribution in [3.8, 4) is 5.75 Å². The number of benzene rings is 1. The van der Waals surface area contributed by atoms with Gasteiger partial charge in [-0.05, 0) is 44.5 Å². The summed E-state index contributed by atoms with van der Waals surface area (Å²) in [7, 11) is 0. The van der Waals surface area contributed by atoms with Crippen LogP contribution >= 0.6 is 0 Å². The lowest BCUT2D eigenvalue weighted by Crippen LogP contribution is -2.29. The lowest BCUT2D eigenvalue weighted by Gasteiger charge is -2.10. The second kappa shape index (κ2) is 12.2. The number of ether oxygens (including phenoxy) is 2. The van der Waals surface area contributed by atoms with E-state index in [0.29, 0.717) is 17.9 Å². The van der Waals surface area contributed by atoms with E-state index < -0.39 is 23.5 Å². The smallest absolute Gasteiger partial charge is 0.375 e. The number of esters is 1. The topological polar surface area (TPSA) is 69.7 Å². The van der Waals surface area contributed by atoms with Crippen molar-refractivity contribution in [2.24, 2.45) is 5.92 Å². The molecule has 1 aromatic rings. The van der Waals surface area contributed by atoms with Gasteiger partial charge in [-0.25, -0.2) is 4.79 Å². The molecule has 0 aliphatic heterocycles. The van der Waals surface area contributed by atoms with Gasteiger partial charge in [-0.2, -0.15) is 0 Å². The van der Waals surface area contributed by atoms with Gasteiger partial charge in [-0.15, -0.1) is 0 Å². The molecule has 1 atom stereocenters. The zero-order valence-corrected chi connectivity index (χ0v) is 16.1. The van der Waals surface area contributed by atoms with Gasteiger partial charge in [0.05, 0.1) is 19.1 Å². The highest BCUT2D eigenvalue weighted by Gasteiger charge is 2.29. The summed E-state index contributed by atoms with van der Waals surface area (Å²) in [6.45, 7) is 5.99. The highest BCUT2D eigenvalue weighted by molar-refractivity contribution is 6.39. The maximum absolute atomic E-state index is 12.3. The van der Waals surface area contributed by atoms with E-state index in [1.54, 1.807) is 31.2 Å². The molecule has 1 aromatic carbocycles. The molecule has 0 heterocycles. The highest BCUT2D eigenvalue weighted by Crippen LogP contribution is 2.17. The van der Waals surface area contributed by atoms with Crippen LogP contribution in [-0.2, 0) is 14.3 Å². The molecule has 0 bridgehead atoms. The van der Waals surface area contributed by atoms with E-state index in [4.69, 9.17) is 4.74 Å². The monoisotopic (exact) mass is 362 g/mol. The van der Waals surface area contributed by atoms with Crippen molar-refractivity contribution < 1.29 is 23.9 Å². The lowest BCUT2D eigenvalue weighted by molar-refractivity contribution is -0.154. The van der Waals surface area contributed by atoms with E-state index in [1.807, 2.05) is 0 Å². The van der Waals surface area contributed by atoms with Gasteiger partial charge in [0.1, 0.15) is 5.75 Å². The molecule has 0 aromatic heterocycles. The number of ketones is 2. The van der Waals surface area contributed by atoms with Gasteiger partial charge in [0, 0.05) is 5.56 Å². The predicted molar refractivity (Wildman–Crippen MR) is 100 cm³/mol. The first kappa shape index (κ1) is 21.9. The van der Waals surface area contributed by atoms with Gasteiger partial charge >= 0.3 is 5.97 Å². The van der Waals surface area contributed by atoms with Crippen molar-refractivity contribution in [2.75, 3.05) is 13.2 Å². The lowest BCUT2D eigenvalue weighted by atomic mass is 9.95. The highest BCUT2D eigenvalue weighted by atomic mass is 16.5. The summed E-state index contributed by atoms with van der Waals surface area (Å²) >= 11 is 0. The van der Waals surface area contributed by atoms with Crippen molar-refractivity contribution in [3.63, 3.8) is 0 Å². The number of hydrogen-bond donors (Lipinski definition) is 0. The Morgan fingerprint density at radius 1 is 0.923 bits per heavy atom. The van der Waals surface area contributed by atoms with E-state index in [1.165, 1.54) is 32.6 Å². The minimum absolute atomic E-state index is 0.107. The molecule has 5 heteroatoms. The molecule has 0 N–H and O–H groups in total. The first-order valence-corrected chi connectivity index (χ1v) is 9.49. The van der Waals surface area contributed by atoms with Crippen molar-refractivity contribution in [3.05, 3.63) is 29.8 Å². The fourth-order valence-corrected chi connectivity index (χ4v) is 2.54. The molecule has 0 saturated heterocycles. The first-order chi connectivity index (χ1) is 12.5. The van der Waals surface area contributed by atoms with Crippen LogP contribution in [0.4, 0.5) is 0 Å².